The molecule has 2 rings (SSSR count). The topological polar surface area (TPSA) is 52.3 Å². The van der Waals surface area contributed by atoms with Crippen molar-refractivity contribution >= 4 is 11.7 Å². The number of ether oxygens (including phenoxy) is 1. The predicted molar refractivity (Wildman–Crippen MR) is 49.5 cm³/mol. The molecule has 2 N–H and O–H groups in total. The van der Waals surface area contributed by atoms with Crippen molar-refractivity contribution in [3.8, 4) is 5.75 Å². The molecule has 1 aliphatic heterocycles. The van der Waals surface area contributed by atoms with Gasteiger partial charge in [0.1, 0.15) is 5.75 Å². The summed E-state index contributed by atoms with van der Waals surface area (Å²) < 4.78 is 5.08. The first-order chi connectivity index (χ1) is 6.03. The van der Waals surface area contributed by atoms with Gasteiger partial charge in [0.25, 0.3) is 0 Å². The van der Waals surface area contributed by atoms with Crippen LogP contribution in [0.25, 0.3) is 0 Å². The molecule has 1 heterocycles. The highest BCUT2D eigenvalue weighted by atomic mass is 16.5. The van der Waals surface area contributed by atoms with Crippen LogP contribution >= 0.6 is 0 Å². The molecule has 0 spiro atoms. The molecule has 1 aromatic carbocycles. The van der Waals surface area contributed by atoms with Gasteiger partial charge in [-0.2, -0.15) is 0 Å². The van der Waals surface area contributed by atoms with Gasteiger partial charge in [0.2, 0.25) is 0 Å². The molecule has 0 saturated heterocycles. The van der Waals surface area contributed by atoms with Crippen molar-refractivity contribution in [1.29, 1.82) is 0 Å². The lowest BCUT2D eigenvalue weighted by atomic mass is 9.85. The average molecular weight is 177 g/mol. The summed E-state index contributed by atoms with van der Waals surface area (Å²) in [4.78, 5) is 11.4. The van der Waals surface area contributed by atoms with Crippen molar-refractivity contribution < 1.29 is 9.53 Å². The first kappa shape index (κ1) is 8.10. The number of esters is 1. The van der Waals surface area contributed by atoms with Crippen molar-refractivity contribution in [3.05, 3.63) is 23.8 Å². The fraction of sp³-hybridized carbons (Fsp3) is 0.300. The maximum atomic E-state index is 11.4. The Kier molecular flexibility index (Phi) is 1.40. The zero-order chi connectivity index (χ0) is 9.64. The molecule has 3 heteroatoms. The molecule has 0 saturated carbocycles. The highest BCUT2D eigenvalue weighted by Gasteiger charge is 2.42. The smallest absolute Gasteiger partial charge is 0.321 e. The van der Waals surface area contributed by atoms with E-state index in [1.165, 1.54) is 0 Å². The Balaban J connectivity index is 2.70. The molecule has 1 aliphatic rings. The number of hydrogen-bond acceptors (Lipinski definition) is 3. The van der Waals surface area contributed by atoms with Crippen LogP contribution in [0.2, 0.25) is 0 Å². The number of nitrogens with two attached hydrogens (primary N) is 1. The van der Waals surface area contributed by atoms with E-state index in [0.717, 1.165) is 5.56 Å². The van der Waals surface area contributed by atoms with Crippen molar-refractivity contribution in [2.24, 2.45) is 0 Å². The van der Waals surface area contributed by atoms with Gasteiger partial charge in [-0.1, -0.05) is 6.07 Å². The lowest BCUT2D eigenvalue weighted by molar-refractivity contribution is -0.137. The van der Waals surface area contributed by atoms with Gasteiger partial charge in [0, 0.05) is 11.3 Å². The SMILES string of the molecule is CC1(C)C(=O)Oc2cccc(N)c21. The second-order valence-corrected chi connectivity index (χ2v) is 3.73. The van der Waals surface area contributed by atoms with Gasteiger partial charge >= 0.3 is 5.97 Å². The second-order valence-electron chi connectivity index (χ2n) is 3.73. The third-order valence-corrected chi connectivity index (χ3v) is 2.40. The third kappa shape index (κ3) is 0.932. The van der Waals surface area contributed by atoms with Crippen LogP contribution in [-0.4, -0.2) is 5.97 Å². The summed E-state index contributed by atoms with van der Waals surface area (Å²) in [6.07, 6.45) is 0. The average Bonchev–Trinajstić information content (AvgIpc) is 2.24. The first-order valence-corrected chi connectivity index (χ1v) is 4.15. The van der Waals surface area contributed by atoms with E-state index < -0.39 is 5.41 Å². The molecular weight excluding hydrogens is 166 g/mol. The van der Waals surface area contributed by atoms with Crippen molar-refractivity contribution in [1.82, 2.24) is 0 Å². The first-order valence-electron chi connectivity index (χ1n) is 4.15. The second kappa shape index (κ2) is 2.25. The molecule has 0 radical (unpaired) electrons. The Morgan fingerprint density at radius 1 is 1.38 bits per heavy atom. The Morgan fingerprint density at radius 3 is 2.69 bits per heavy atom. The lowest BCUT2D eigenvalue weighted by Crippen LogP contribution is -2.26. The maximum absolute atomic E-state index is 11.4. The number of rotatable bonds is 0. The number of carbonyl (C=O) groups is 1. The zero-order valence-electron chi connectivity index (χ0n) is 7.63. The number of nitrogen functional groups attached to an aromatic ring is 1. The van der Waals surface area contributed by atoms with Crippen LogP contribution < -0.4 is 10.5 Å². The van der Waals surface area contributed by atoms with E-state index in [0.29, 0.717) is 11.4 Å². The van der Waals surface area contributed by atoms with Crippen LogP contribution in [0.3, 0.4) is 0 Å². The van der Waals surface area contributed by atoms with E-state index >= 15 is 0 Å². The van der Waals surface area contributed by atoms with Crippen LogP contribution in [0, 0.1) is 0 Å². The van der Waals surface area contributed by atoms with E-state index in [9.17, 15) is 4.79 Å². The van der Waals surface area contributed by atoms with Crippen LogP contribution in [0.15, 0.2) is 18.2 Å². The van der Waals surface area contributed by atoms with Gasteiger partial charge in [-0.3, -0.25) is 4.79 Å². The molecule has 13 heavy (non-hydrogen) atoms. The summed E-state index contributed by atoms with van der Waals surface area (Å²) in [6, 6.07) is 5.32. The van der Waals surface area contributed by atoms with Gasteiger partial charge in [-0.15, -0.1) is 0 Å². The van der Waals surface area contributed by atoms with Crippen LogP contribution in [0.5, 0.6) is 5.75 Å². The molecule has 3 nitrogen and oxygen atoms in total. The highest BCUT2D eigenvalue weighted by Crippen LogP contribution is 2.42. The molecular formula is C10H11NO2. The van der Waals surface area contributed by atoms with Gasteiger partial charge < -0.3 is 10.5 Å². The standard InChI is InChI=1S/C10H11NO2/c1-10(2)8-6(11)4-3-5-7(8)13-9(10)12/h3-5H,11H2,1-2H3. The van der Waals surface area contributed by atoms with Crippen molar-refractivity contribution in [2.75, 3.05) is 5.73 Å². The van der Waals surface area contributed by atoms with E-state index in [-0.39, 0.29) is 5.97 Å². The number of anilines is 1. The quantitative estimate of drug-likeness (QED) is 0.371. The Hall–Kier alpha value is -1.51. The minimum atomic E-state index is -0.610. The lowest BCUT2D eigenvalue weighted by Gasteiger charge is -2.14. The van der Waals surface area contributed by atoms with Crippen LogP contribution in [0.1, 0.15) is 19.4 Å². The summed E-state index contributed by atoms with van der Waals surface area (Å²) in [6.45, 7) is 3.63. The molecule has 0 fully saturated rings. The summed E-state index contributed by atoms with van der Waals surface area (Å²) in [5, 5.41) is 0. The Bertz CT molecular complexity index is 383. The fourth-order valence-electron chi connectivity index (χ4n) is 1.63. The van der Waals surface area contributed by atoms with Gasteiger partial charge in [0.15, 0.2) is 0 Å². The third-order valence-electron chi connectivity index (χ3n) is 2.40. The van der Waals surface area contributed by atoms with Gasteiger partial charge in [0.05, 0.1) is 5.41 Å². The molecule has 0 atom stereocenters. The van der Waals surface area contributed by atoms with Crippen LogP contribution in [-0.2, 0) is 10.2 Å². The number of hydrogen-bond donors (Lipinski definition) is 1. The maximum Gasteiger partial charge on any atom is 0.321 e. The molecule has 0 aromatic heterocycles. The monoisotopic (exact) mass is 177 g/mol. The predicted octanol–water partition coefficient (Wildman–Crippen LogP) is 1.47. The summed E-state index contributed by atoms with van der Waals surface area (Å²) >= 11 is 0. The molecule has 0 bridgehead atoms. The summed E-state index contributed by atoms with van der Waals surface area (Å²) in [5.41, 5.74) is 6.59. The van der Waals surface area contributed by atoms with E-state index in [2.05, 4.69) is 0 Å². The zero-order valence-corrected chi connectivity index (χ0v) is 7.63. The van der Waals surface area contributed by atoms with Crippen molar-refractivity contribution in [3.63, 3.8) is 0 Å². The number of fused-ring (bicyclic) bond motifs is 1. The van der Waals surface area contributed by atoms with Crippen molar-refractivity contribution in [2.45, 2.75) is 19.3 Å². The van der Waals surface area contributed by atoms with E-state index in [1.54, 1.807) is 18.2 Å². The van der Waals surface area contributed by atoms with Gasteiger partial charge in [-0.05, 0) is 26.0 Å². The van der Waals surface area contributed by atoms with E-state index in [4.69, 9.17) is 10.5 Å². The molecule has 0 amide bonds. The van der Waals surface area contributed by atoms with E-state index in [1.807, 2.05) is 13.8 Å². The fourth-order valence-corrected chi connectivity index (χ4v) is 1.63. The van der Waals surface area contributed by atoms with Crippen LogP contribution in [0.4, 0.5) is 5.69 Å². The molecule has 1 aromatic rings. The van der Waals surface area contributed by atoms with Gasteiger partial charge in [-0.25, -0.2) is 0 Å². The summed E-state index contributed by atoms with van der Waals surface area (Å²) in [7, 11) is 0. The minimum Gasteiger partial charge on any atom is -0.425 e. The minimum absolute atomic E-state index is 0.236. The Morgan fingerprint density at radius 2 is 2.08 bits per heavy atom. The largest absolute Gasteiger partial charge is 0.425 e. The Labute approximate surface area is 76.5 Å². The molecule has 0 unspecified atom stereocenters. The highest BCUT2D eigenvalue weighted by molar-refractivity contribution is 5.92. The molecule has 0 aliphatic carbocycles. The molecule has 68 valence electrons. The number of benzene rings is 1. The normalized spacial score (nSPS) is 18.2. The summed E-state index contributed by atoms with van der Waals surface area (Å²) in [5.74, 6) is 0.357. The number of carbonyl (C=O) groups excluding carboxylic acids is 1.